The maximum atomic E-state index is 5.39. The van der Waals surface area contributed by atoms with E-state index in [1.54, 1.807) is 6.20 Å². The SMILES string of the molecule is c1ccc(-c2cc(-c3ccc(N4c5cc6ccccc6cc5C5(c6cc7cccnc7cc64)c4ccsc4-c4sccc45)cc3)nc(-c3ccccn3)n2)cc1.c1ccc(-c2cc(N3c4cc5ccccc5cc4C4(c5cc6cccnc6cc53)c3ccsc3-c3sccc34)nc(-c3ccccc3)n2)cc1. The number of aromatic nitrogens is 7. The van der Waals surface area contributed by atoms with Crippen molar-refractivity contribution in [3.8, 4) is 76.2 Å². The van der Waals surface area contributed by atoms with E-state index in [1.807, 2.05) is 131 Å². The van der Waals surface area contributed by atoms with E-state index < -0.39 is 10.8 Å². The summed E-state index contributed by atoms with van der Waals surface area (Å²) in [6.45, 7) is 0. The molecule has 0 saturated heterocycles. The standard InChI is InChI=1S/C49H29N5S2.C44H26N4S2/c1-2-9-30(10-3-1)42-28-43(53-48(52-42)40-14-6-7-21-50-40)31-15-17-35(18-16-31)54-44-27-33-12-5-4-11-32(33)25-38(44)49(36-19-23-55-46(36)47-37(49)20-24-56-47)39-26-34-13-8-22-51-41(34)29-45(39)54;1-3-10-27(11-4-1)37-26-40(47-43(46-37)28-12-5-2-6-13-28)48-38-24-30-15-8-7-14-29(30)22-34(38)44(32-17-20-49-41(32)42-33(44)18-21-50-42)35-23-31-16-9-19-45-36(31)25-39(35)48/h1-29H;1-26H. The minimum atomic E-state index is -0.503. The molecule has 2 aliphatic heterocycles. The summed E-state index contributed by atoms with van der Waals surface area (Å²) >= 11 is 7.39. The highest BCUT2D eigenvalue weighted by Gasteiger charge is 2.55. The highest BCUT2D eigenvalue weighted by Crippen LogP contribution is 2.68. The molecule has 23 rings (SSSR count). The Morgan fingerprint density at radius 2 is 0.623 bits per heavy atom. The van der Waals surface area contributed by atoms with Crippen molar-refractivity contribution in [2.75, 3.05) is 9.80 Å². The van der Waals surface area contributed by atoms with Crippen molar-refractivity contribution in [2.24, 2.45) is 0 Å². The Balaban J connectivity index is 0.000000133. The topological polar surface area (TPSA) is 96.7 Å². The molecule has 9 nitrogen and oxygen atoms in total. The van der Waals surface area contributed by atoms with Gasteiger partial charge in [0, 0.05) is 82.9 Å². The van der Waals surface area contributed by atoms with Crippen LogP contribution in [0.25, 0.3) is 120 Å². The van der Waals surface area contributed by atoms with Crippen molar-refractivity contribution >= 4 is 123 Å². The van der Waals surface area contributed by atoms with Crippen molar-refractivity contribution in [2.45, 2.75) is 10.8 Å². The molecule has 0 amide bonds. The summed E-state index contributed by atoms with van der Waals surface area (Å²) in [7, 11) is 0. The molecular weight excluding hydrogens is 1370 g/mol. The van der Waals surface area contributed by atoms with Crippen LogP contribution >= 0.6 is 45.3 Å². The third kappa shape index (κ3) is 9.13. The first-order chi connectivity index (χ1) is 52.5. The zero-order chi connectivity index (χ0) is 69.6. The van der Waals surface area contributed by atoms with Gasteiger partial charge in [0.1, 0.15) is 11.5 Å². The molecule has 13 heteroatoms. The van der Waals surface area contributed by atoms with Gasteiger partial charge in [0.25, 0.3) is 0 Å². The van der Waals surface area contributed by atoms with Crippen molar-refractivity contribution < 1.29 is 0 Å². The van der Waals surface area contributed by atoms with E-state index in [-0.39, 0.29) is 0 Å². The molecule has 0 N–H and O–H groups in total. The predicted molar refractivity (Wildman–Crippen MR) is 437 cm³/mol. The van der Waals surface area contributed by atoms with E-state index in [0.29, 0.717) is 11.6 Å². The monoisotopic (exact) mass is 1430 g/mol. The molecule has 0 fully saturated rings. The summed E-state index contributed by atoms with van der Waals surface area (Å²) in [4.78, 5) is 45.2. The number of anilines is 6. The molecule has 10 aromatic carbocycles. The van der Waals surface area contributed by atoms with Gasteiger partial charge in [-0.05, 0) is 203 Å². The number of hydrogen-bond donors (Lipinski definition) is 0. The van der Waals surface area contributed by atoms with Gasteiger partial charge in [-0.25, -0.2) is 19.9 Å². The predicted octanol–water partition coefficient (Wildman–Crippen LogP) is 24.6. The minimum absolute atomic E-state index is 0.476. The Bertz CT molecular complexity index is 6370. The number of benzene rings is 10. The zero-order valence-electron chi connectivity index (χ0n) is 56.4. The first-order valence-corrected chi connectivity index (χ1v) is 38.8. The zero-order valence-corrected chi connectivity index (χ0v) is 59.7. The molecule has 0 radical (unpaired) electrons. The van der Waals surface area contributed by atoms with Crippen LogP contribution in [0.4, 0.5) is 34.3 Å². The van der Waals surface area contributed by atoms with Crippen molar-refractivity contribution in [3.63, 3.8) is 0 Å². The molecule has 4 aliphatic rings. The highest BCUT2D eigenvalue weighted by molar-refractivity contribution is 7.21. The van der Waals surface area contributed by atoms with Crippen LogP contribution in [0.1, 0.15) is 44.5 Å². The Kier molecular flexibility index (Phi) is 13.7. The lowest BCUT2D eigenvalue weighted by Gasteiger charge is -2.45. The third-order valence-electron chi connectivity index (χ3n) is 21.6. The van der Waals surface area contributed by atoms with Crippen LogP contribution in [0, 0.1) is 0 Å². The minimum Gasteiger partial charge on any atom is -0.310 e. The van der Waals surface area contributed by atoms with Crippen LogP contribution in [0.5, 0.6) is 0 Å². The van der Waals surface area contributed by atoms with E-state index in [1.165, 1.54) is 91.2 Å². The second-order valence-electron chi connectivity index (χ2n) is 27.1. The van der Waals surface area contributed by atoms with Crippen LogP contribution in [0.15, 0.2) is 331 Å². The van der Waals surface area contributed by atoms with Crippen LogP contribution in [0.2, 0.25) is 0 Å². The molecule has 106 heavy (non-hydrogen) atoms. The third-order valence-corrected chi connectivity index (χ3v) is 25.6. The van der Waals surface area contributed by atoms with E-state index in [4.69, 9.17) is 29.9 Å². The number of fused-ring (bicyclic) bond motifs is 22. The van der Waals surface area contributed by atoms with Gasteiger partial charge in [0.2, 0.25) is 0 Å². The molecular formula is C93H55N9S4. The van der Waals surface area contributed by atoms with Crippen molar-refractivity contribution in [1.82, 2.24) is 34.9 Å². The lowest BCUT2D eigenvalue weighted by molar-refractivity contribution is 0.757. The second-order valence-corrected chi connectivity index (χ2v) is 30.8. The molecule has 2 spiro atoms. The van der Waals surface area contributed by atoms with Crippen molar-refractivity contribution in [3.05, 3.63) is 376 Å². The Morgan fingerprint density at radius 3 is 1.10 bits per heavy atom. The molecule has 2 aliphatic carbocycles. The second kappa shape index (κ2) is 23.9. The normalized spacial score (nSPS) is 13.6. The average molecular weight is 1430 g/mol. The van der Waals surface area contributed by atoms with Crippen molar-refractivity contribution in [1.29, 1.82) is 0 Å². The number of hydrogen-bond acceptors (Lipinski definition) is 13. The summed E-state index contributed by atoms with van der Waals surface area (Å²) in [6, 6.07) is 104. The van der Waals surface area contributed by atoms with Gasteiger partial charge in [-0.2, -0.15) is 0 Å². The number of thiophene rings is 4. The summed E-state index contributed by atoms with van der Waals surface area (Å²) in [6.07, 6.45) is 5.56. The van der Waals surface area contributed by atoms with E-state index in [0.717, 1.165) is 95.4 Å². The summed E-state index contributed by atoms with van der Waals surface area (Å²) in [5.74, 6) is 2.10. The van der Waals surface area contributed by atoms with Crippen LogP contribution in [0.3, 0.4) is 0 Å². The maximum absolute atomic E-state index is 5.39. The van der Waals surface area contributed by atoms with Gasteiger partial charge in [0.05, 0.1) is 61.7 Å². The van der Waals surface area contributed by atoms with Gasteiger partial charge in [-0.15, -0.1) is 45.3 Å². The largest absolute Gasteiger partial charge is 0.310 e. The number of rotatable bonds is 7. The fourth-order valence-electron chi connectivity index (χ4n) is 17.0. The molecule has 0 unspecified atom stereocenters. The fourth-order valence-corrected chi connectivity index (χ4v) is 21.2. The molecule has 11 heterocycles. The lowest BCUT2D eigenvalue weighted by Crippen LogP contribution is -2.36. The molecule has 496 valence electrons. The first kappa shape index (κ1) is 60.8. The molecule has 0 saturated carbocycles. The van der Waals surface area contributed by atoms with Gasteiger partial charge >= 0.3 is 0 Å². The summed E-state index contributed by atoms with van der Waals surface area (Å²) in [5.41, 5.74) is 24.3. The molecule has 0 bridgehead atoms. The number of pyridine rings is 3. The van der Waals surface area contributed by atoms with Gasteiger partial charge in [-0.3, -0.25) is 19.9 Å². The van der Waals surface area contributed by atoms with Crippen LogP contribution < -0.4 is 9.80 Å². The van der Waals surface area contributed by atoms with Gasteiger partial charge < -0.3 is 4.90 Å². The Labute approximate surface area is 625 Å². The Hall–Kier alpha value is -12.8. The molecule has 0 atom stereocenters. The van der Waals surface area contributed by atoms with E-state index in [9.17, 15) is 0 Å². The highest BCUT2D eigenvalue weighted by atomic mass is 32.1. The fraction of sp³-hybridized carbons (Fsp3) is 0.0215. The smallest absolute Gasteiger partial charge is 0.179 e. The van der Waals surface area contributed by atoms with Crippen LogP contribution in [-0.2, 0) is 10.8 Å². The Morgan fingerprint density at radius 1 is 0.245 bits per heavy atom. The van der Waals surface area contributed by atoms with Gasteiger partial charge in [-0.1, -0.05) is 170 Å². The summed E-state index contributed by atoms with van der Waals surface area (Å²) in [5, 5.41) is 16.1. The average Bonchev–Trinajstić information content (AvgIpc) is 1.47. The quantitative estimate of drug-likeness (QED) is 0.155. The molecule has 19 aromatic rings. The first-order valence-electron chi connectivity index (χ1n) is 35.3. The molecule has 9 aromatic heterocycles. The van der Waals surface area contributed by atoms with E-state index in [2.05, 4.69) is 255 Å². The number of nitrogens with zero attached hydrogens (tertiary/aromatic N) is 9. The lowest BCUT2D eigenvalue weighted by atomic mass is 9.65. The van der Waals surface area contributed by atoms with Crippen LogP contribution in [-0.4, -0.2) is 34.9 Å². The maximum Gasteiger partial charge on any atom is 0.179 e. The van der Waals surface area contributed by atoms with E-state index >= 15 is 0 Å². The van der Waals surface area contributed by atoms with Gasteiger partial charge in [0.15, 0.2) is 11.6 Å². The summed E-state index contributed by atoms with van der Waals surface area (Å²) < 4.78 is 0.